The number of hydrazine groups is 1. The summed E-state index contributed by atoms with van der Waals surface area (Å²) in [5.41, 5.74) is 9.16. The molecule has 28 nitrogen and oxygen atoms in total. The molecule has 12 rings (SSSR count). The lowest BCUT2D eigenvalue weighted by atomic mass is 10.0. The summed E-state index contributed by atoms with van der Waals surface area (Å²) in [4.78, 5) is 90.2. The molecule has 7 N–H and O–H groups in total. The number of benzene rings is 5. The van der Waals surface area contributed by atoms with Crippen molar-refractivity contribution in [3.8, 4) is 0 Å². The van der Waals surface area contributed by atoms with Crippen LogP contribution >= 0.6 is 0 Å². The van der Waals surface area contributed by atoms with Gasteiger partial charge in [0.05, 0.1) is 33.3 Å². The molecule has 5 aliphatic rings. The topological polar surface area (TPSA) is 351 Å². The minimum Gasteiger partial charge on any atom is -0.479 e. The lowest BCUT2D eigenvalue weighted by Gasteiger charge is -2.27. The van der Waals surface area contributed by atoms with Crippen molar-refractivity contribution in [3.63, 3.8) is 0 Å². The van der Waals surface area contributed by atoms with Crippen LogP contribution in [-0.4, -0.2) is 130 Å². The van der Waals surface area contributed by atoms with Crippen LogP contribution in [-0.2, 0) is 70.8 Å². The number of aliphatic carboxylic acids is 1. The summed E-state index contributed by atoms with van der Waals surface area (Å²) in [6, 6.07) is 36.1. The first kappa shape index (κ1) is 75.2. The van der Waals surface area contributed by atoms with E-state index in [0.717, 1.165) is 52.0 Å². The van der Waals surface area contributed by atoms with Gasteiger partial charge in [-0.3, -0.25) is 35.1 Å². The molecule has 0 saturated carbocycles. The van der Waals surface area contributed by atoms with Crippen molar-refractivity contribution in [2.75, 3.05) is 30.8 Å². The summed E-state index contributed by atoms with van der Waals surface area (Å²) >= 11 is 0. The van der Waals surface area contributed by atoms with Crippen molar-refractivity contribution in [1.29, 1.82) is 0 Å². The average molecular weight is 1380 g/mol. The number of hydrogen-bond acceptors (Lipinski definition) is 22. The summed E-state index contributed by atoms with van der Waals surface area (Å²) in [6.45, 7) is 29.2. The summed E-state index contributed by atoms with van der Waals surface area (Å²) in [5, 5.41) is 34.8. The van der Waals surface area contributed by atoms with Gasteiger partial charge in [0.2, 0.25) is 11.8 Å². The Bertz CT molecular complexity index is 3940. The molecule has 28 heteroatoms. The third-order valence-corrected chi connectivity index (χ3v) is 15.5. The summed E-state index contributed by atoms with van der Waals surface area (Å²) in [7, 11) is 1.32. The molecule has 0 radical (unpaired) electrons. The molecule has 5 atom stereocenters. The first-order chi connectivity index (χ1) is 47.2. The van der Waals surface area contributed by atoms with Crippen LogP contribution in [0.3, 0.4) is 0 Å². The fraction of sp³-hybridized carbons (Fsp3) is 0.431. The van der Waals surface area contributed by atoms with Gasteiger partial charge in [-0.1, -0.05) is 132 Å². The number of rotatable bonds is 9. The smallest absolute Gasteiger partial charge is 0.411 e. The van der Waals surface area contributed by atoms with Crippen LogP contribution in [0.4, 0.5) is 31.2 Å². The largest absolute Gasteiger partial charge is 0.479 e. The monoisotopic (exact) mass is 1380 g/mol. The predicted octanol–water partition coefficient (Wildman–Crippen LogP) is 11.7. The number of carbonyl (C=O) groups excluding carboxylic acids is 6. The van der Waals surface area contributed by atoms with Crippen LogP contribution < -0.4 is 27.2 Å². The van der Waals surface area contributed by atoms with Gasteiger partial charge in [0.25, 0.3) is 5.91 Å². The zero-order valence-electron chi connectivity index (χ0n) is 59.2. The Hall–Kier alpha value is -10.6. The standard InChI is InChI=1S/C17H22N4O3.C15H19NO4.C14H19N3O3.C14H17NO4.C12H14N4O/c1-5-18-15-20-19-14(23-15)13-12-9-7-6-8-11(12)10-21(13)16(22)24-17(2,3)4;1-15(2,3)20-14(18)16-9-10-7-5-6-8-11(10)12(16)13(17)19-4;1-14(2,3)20-13(19)17-8-9-6-4-5-7-10(9)11(17)12(18)16-15;1-14(2,3)19-13(18)15-8-9-6-4-5-7-10(9)11(15)12(16)17;1-2-13-12-16-15-11(17-12)10-9-6-4-3-5-8(9)7-14-10/h6-9,13H,5,10H2,1-4H3,(H,18,20);5-8,12H,9H2,1-4H3;4-7,11H,8,15H2,1-3H3,(H,16,18);4-7,11H,8H2,1-3H3,(H,16,17);3-6,10,14H,2,7H2,1H3,(H,13,16). The van der Waals surface area contributed by atoms with E-state index in [1.165, 1.54) is 32.9 Å². The molecule has 7 aromatic rings. The molecule has 100 heavy (non-hydrogen) atoms. The highest BCUT2D eigenvalue weighted by atomic mass is 16.6. The molecule has 5 amide bonds. The minimum absolute atomic E-state index is 0.0195. The number of carboxylic acids is 1. The van der Waals surface area contributed by atoms with Crippen molar-refractivity contribution >= 4 is 54.2 Å². The second-order valence-corrected chi connectivity index (χ2v) is 27.7. The Balaban J connectivity index is 0.000000160. The van der Waals surface area contributed by atoms with Crippen LogP contribution in [0.5, 0.6) is 0 Å². The number of ether oxygens (including phenoxy) is 5. The van der Waals surface area contributed by atoms with Crippen molar-refractivity contribution in [1.82, 2.24) is 50.7 Å². The number of nitrogens with zero attached hydrogens (tertiary/aromatic N) is 8. The molecule has 7 heterocycles. The van der Waals surface area contributed by atoms with Gasteiger partial charge in [0, 0.05) is 19.6 Å². The Morgan fingerprint density at radius 2 is 0.820 bits per heavy atom. The number of hydrogen-bond donors (Lipinski definition) is 6. The molecular weight excluding hydrogens is 1290 g/mol. The van der Waals surface area contributed by atoms with Crippen LogP contribution in [0.25, 0.3) is 0 Å². The first-order valence-corrected chi connectivity index (χ1v) is 32.8. The second kappa shape index (κ2) is 31.9. The lowest BCUT2D eigenvalue weighted by molar-refractivity contribution is -0.146. The van der Waals surface area contributed by atoms with E-state index in [0.29, 0.717) is 55.6 Å². The van der Waals surface area contributed by atoms with Gasteiger partial charge >= 0.3 is 48.3 Å². The van der Waals surface area contributed by atoms with E-state index >= 15 is 0 Å². The van der Waals surface area contributed by atoms with Crippen molar-refractivity contribution in [2.45, 2.75) is 182 Å². The molecule has 5 aliphatic heterocycles. The van der Waals surface area contributed by atoms with E-state index in [1.54, 1.807) is 79.3 Å². The molecule has 5 aromatic carbocycles. The molecule has 0 spiro atoms. The Kier molecular flexibility index (Phi) is 24.0. The maximum atomic E-state index is 12.6. The van der Waals surface area contributed by atoms with E-state index in [1.807, 2.05) is 132 Å². The molecule has 0 bridgehead atoms. The van der Waals surface area contributed by atoms with E-state index in [-0.39, 0.29) is 12.6 Å². The van der Waals surface area contributed by atoms with Gasteiger partial charge < -0.3 is 48.3 Å². The van der Waals surface area contributed by atoms with Crippen LogP contribution in [0.2, 0.25) is 0 Å². The third-order valence-electron chi connectivity index (χ3n) is 15.5. The van der Waals surface area contributed by atoms with Crippen LogP contribution in [0.15, 0.2) is 130 Å². The van der Waals surface area contributed by atoms with Gasteiger partial charge in [0.1, 0.15) is 40.5 Å². The molecule has 2 aromatic heterocycles. The maximum Gasteiger partial charge on any atom is 0.411 e. The van der Waals surface area contributed by atoms with E-state index in [9.17, 15) is 38.7 Å². The fourth-order valence-corrected chi connectivity index (χ4v) is 11.4. The zero-order chi connectivity index (χ0) is 73.0. The molecule has 0 aliphatic carbocycles. The summed E-state index contributed by atoms with van der Waals surface area (Å²) < 4.78 is 37.6. The zero-order valence-corrected chi connectivity index (χ0v) is 59.2. The number of anilines is 2. The lowest BCUT2D eigenvalue weighted by Crippen LogP contribution is -2.44. The molecule has 534 valence electrons. The number of carbonyl (C=O) groups is 7. The number of carboxylic acid groups (broad SMARTS) is 1. The van der Waals surface area contributed by atoms with Gasteiger partial charge in [0.15, 0.2) is 12.1 Å². The number of nitrogens with one attached hydrogen (secondary N) is 4. The van der Waals surface area contributed by atoms with E-state index in [4.69, 9.17) is 38.4 Å². The highest BCUT2D eigenvalue weighted by molar-refractivity contribution is 5.88. The molecule has 0 fully saturated rings. The highest BCUT2D eigenvalue weighted by Gasteiger charge is 2.45. The maximum absolute atomic E-state index is 12.6. The number of esters is 1. The van der Waals surface area contributed by atoms with Crippen molar-refractivity contribution in [2.24, 2.45) is 5.84 Å². The summed E-state index contributed by atoms with van der Waals surface area (Å²) in [6.07, 6.45) is -2.03. The first-order valence-electron chi connectivity index (χ1n) is 32.8. The van der Waals surface area contributed by atoms with Crippen LogP contribution in [0.1, 0.15) is 195 Å². The third kappa shape index (κ3) is 19.0. The minimum atomic E-state index is -1.05. The predicted molar refractivity (Wildman–Crippen MR) is 367 cm³/mol. The number of aromatic nitrogens is 4. The molecule has 5 unspecified atom stereocenters. The molecular formula is C72H91N13O15. The average Bonchev–Trinajstić information content (AvgIpc) is 1.64. The van der Waals surface area contributed by atoms with E-state index < -0.39 is 88.8 Å². The highest BCUT2D eigenvalue weighted by Crippen LogP contribution is 2.41. The van der Waals surface area contributed by atoms with Crippen molar-refractivity contribution < 1.29 is 71.2 Å². The number of nitrogens with two attached hydrogens (primary N) is 1. The normalized spacial score (nSPS) is 17.6. The van der Waals surface area contributed by atoms with E-state index in [2.05, 4.69) is 53.9 Å². The second-order valence-electron chi connectivity index (χ2n) is 27.7. The quantitative estimate of drug-likeness (QED) is 0.0257. The SMILES string of the molecule is CC(C)(C)OC(=O)N1Cc2ccccc2C1C(=O)NN.CC(C)(C)OC(=O)N1Cc2ccccc2C1C(=O)O.CCNc1nnc(C2NCc3ccccc32)o1.CCNc1nnc(C2c3ccccc3CN2C(=O)OC(C)(C)C)o1.COC(=O)C1c2ccccc2CN1C(=O)OC(C)(C)C. The van der Waals surface area contributed by atoms with Gasteiger partial charge in [-0.25, -0.2) is 34.6 Å². The number of amides is 5. The molecule has 0 saturated heterocycles. The Morgan fingerprint density at radius 1 is 0.480 bits per heavy atom. The fourth-order valence-electron chi connectivity index (χ4n) is 11.4. The van der Waals surface area contributed by atoms with Gasteiger partial charge in [-0.05, 0) is 153 Å². The van der Waals surface area contributed by atoms with Crippen molar-refractivity contribution in [3.05, 3.63) is 189 Å². The Labute approximate surface area is 581 Å². The van der Waals surface area contributed by atoms with Gasteiger partial charge in [-0.2, -0.15) is 0 Å². The number of methoxy groups -OCH3 is 1. The Morgan fingerprint density at radius 3 is 1.24 bits per heavy atom. The van der Waals surface area contributed by atoms with Crippen LogP contribution in [0, 0.1) is 0 Å². The van der Waals surface area contributed by atoms with Gasteiger partial charge in [-0.15, -0.1) is 10.2 Å². The summed E-state index contributed by atoms with van der Waals surface area (Å²) in [5.74, 6) is 4.28. The number of fused-ring (bicyclic) bond motifs is 5.